The number of carbonyl (C=O) groups is 2. The molecule has 2 fully saturated rings. The van der Waals surface area contributed by atoms with Crippen LogP contribution in [0.5, 0.6) is 5.75 Å². The van der Waals surface area contributed by atoms with Crippen molar-refractivity contribution < 1.29 is 23.6 Å². The number of halogens is 2. The van der Waals surface area contributed by atoms with Gasteiger partial charge in [0, 0.05) is 24.7 Å². The summed E-state index contributed by atoms with van der Waals surface area (Å²) in [4.78, 5) is 34.1. The molecule has 4 rings (SSSR count). The number of nitrogens with one attached hydrogen (secondary N) is 1. The molecular formula is C18H20ClFN4O4S. The van der Waals surface area contributed by atoms with Crippen molar-refractivity contribution in [1.82, 2.24) is 15.5 Å². The van der Waals surface area contributed by atoms with Gasteiger partial charge in [-0.05, 0) is 49.2 Å². The largest absolute Gasteiger partial charge is 0.439 e. The molecule has 0 spiro atoms. The highest BCUT2D eigenvalue weighted by molar-refractivity contribution is 8.18. The van der Waals surface area contributed by atoms with E-state index in [1.807, 2.05) is 5.01 Å². The first-order chi connectivity index (χ1) is 13.6. The molecule has 2 saturated heterocycles. The Kier molecular flexibility index (Phi) is 7.12. The summed E-state index contributed by atoms with van der Waals surface area (Å²) in [5, 5.41) is 3.55. The van der Waals surface area contributed by atoms with Crippen molar-refractivity contribution in [1.29, 1.82) is 0 Å². The maximum atomic E-state index is 13.7. The molecule has 0 radical (unpaired) electrons. The van der Waals surface area contributed by atoms with Crippen molar-refractivity contribution in [3.05, 3.63) is 34.5 Å². The average molecular weight is 443 g/mol. The normalized spacial score (nSPS) is 20.7. The highest BCUT2D eigenvalue weighted by Crippen LogP contribution is 2.33. The minimum Gasteiger partial charge on any atom is -0.408 e. The number of amides is 2. The van der Waals surface area contributed by atoms with Crippen LogP contribution in [0, 0.1) is 5.82 Å². The van der Waals surface area contributed by atoms with E-state index in [2.05, 4.69) is 10.4 Å². The first-order valence-electron chi connectivity index (χ1n) is 9.05. The van der Waals surface area contributed by atoms with Crippen molar-refractivity contribution in [3.8, 4) is 5.75 Å². The molecule has 0 aliphatic carbocycles. The number of hydrogen-bond acceptors (Lipinski definition) is 7. The van der Waals surface area contributed by atoms with Crippen LogP contribution in [0.4, 0.5) is 9.18 Å². The second-order valence-corrected chi connectivity index (χ2v) is 7.43. The number of hydrogen-bond donors (Lipinski definition) is 1. The zero-order valence-electron chi connectivity index (χ0n) is 15.4. The fourth-order valence-corrected chi connectivity index (χ4v) is 3.87. The molecule has 0 unspecified atom stereocenters. The minimum atomic E-state index is -0.720. The van der Waals surface area contributed by atoms with Gasteiger partial charge in [-0.1, -0.05) is 0 Å². The SMILES string of the molecule is Cl.O=C1N=C(N2CCCCN2)S/C1=C/c1ccc(F)cc1OC(=O)N1CCCO1. The van der Waals surface area contributed by atoms with Crippen molar-refractivity contribution in [3.63, 3.8) is 0 Å². The van der Waals surface area contributed by atoms with E-state index in [9.17, 15) is 14.0 Å². The van der Waals surface area contributed by atoms with Crippen LogP contribution in [0.25, 0.3) is 6.08 Å². The first-order valence-corrected chi connectivity index (χ1v) is 9.87. The zero-order chi connectivity index (χ0) is 19.5. The second-order valence-electron chi connectivity index (χ2n) is 6.42. The van der Waals surface area contributed by atoms with Gasteiger partial charge in [0.05, 0.1) is 18.1 Å². The van der Waals surface area contributed by atoms with Crippen molar-refractivity contribution in [2.45, 2.75) is 19.3 Å². The van der Waals surface area contributed by atoms with E-state index in [-0.39, 0.29) is 24.1 Å². The Balaban J connectivity index is 0.00000240. The molecule has 3 aliphatic heterocycles. The minimum absolute atomic E-state index is 0. The van der Waals surface area contributed by atoms with Gasteiger partial charge < -0.3 is 4.74 Å². The number of hydroxylamine groups is 2. The van der Waals surface area contributed by atoms with Gasteiger partial charge in [-0.2, -0.15) is 10.1 Å². The van der Waals surface area contributed by atoms with Gasteiger partial charge in [-0.15, -0.1) is 12.4 Å². The third kappa shape index (κ3) is 5.08. The predicted molar refractivity (Wildman–Crippen MR) is 109 cm³/mol. The van der Waals surface area contributed by atoms with Gasteiger partial charge in [0.25, 0.3) is 5.91 Å². The van der Waals surface area contributed by atoms with Gasteiger partial charge >= 0.3 is 6.09 Å². The molecule has 2 amide bonds. The molecule has 3 heterocycles. The molecule has 0 bridgehead atoms. The number of aliphatic imine (C=N–C) groups is 1. The van der Waals surface area contributed by atoms with Gasteiger partial charge in [0.1, 0.15) is 11.6 Å². The molecule has 0 aromatic heterocycles. The maximum Gasteiger partial charge on any atom is 0.439 e. The van der Waals surface area contributed by atoms with Gasteiger partial charge in [-0.25, -0.2) is 14.6 Å². The van der Waals surface area contributed by atoms with Crippen molar-refractivity contribution in [2.24, 2.45) is 4.99 Å². The molecule has 1 aromatic rings. The maximum absolute atomic E-state index is 13.7. The summed E-state index contributed by atoms with van der Waals surface area (Å²) in [7, 11) is 0. The van der Waals surface area contributed by atoms with Crippen molar-refractivity contribution >= 4 is 47.4 Å². The average Bonchev–Trinajstić information content (AvgIpc) is 3.35. The summed E-state index contributed by atoms with van der Waals surface area (Å²) in [6.45, 7) is 2.47. The number of carbonyl (C=O) groups excluding carboxylic acids is 2. The van der Waals surface area contributed by atoms with Crippen LogP contribution in [0.3, 0.4) is 0 Å². The number of thioether (sulfide) groups is 1. The van der Waals surface area contributed by atoms with E-state index in [0.29, 0.717) is 35.2 Å². The monoisotopic (exact) mass is 442 g/mol. The van der Waals surface area contributed by atoms with E-state index in [4.69, 9.17) is 9.57 Å². The summed E-state index contributed by atoms with van der Waals surface area (Å²) >= 11 is 1.23. The van der Waals surface area contributed by atoms with Gasteiger partial charge in [-0.3, -0.25) is 14.6 Å². The van der Waals surface area contributed by atoms with Crippen LogP contribution >= 0.6 is 24.2 Å². The lowest BCUT2D eigenvalue weighted by Crippen LogP contribution is -2.45. The lowest BCUT2D eigenvalue weighted by atomic mass is 10.2. The smallest absolute Gasteiger partial charge is 0.408 e. The van der Waals surface area contributed by atoms with E-state index in [1.165, 1.54) is 23.9 Å². The highest BCUT2D eigenvalue weighted by Gasteiger charge is 2.28. The number of hydrazine groups is 1. The Morgan fingerprint density at radius 3 is 2.90 bits per heavy atom. The number of ether oxygens (including phenoxy) is 1. The Bertz CT molecular complexity index is 854. The number of rotatable bonds is 2. The van der Waals surface area contributed by atoms with Crippen LogP contribution in [-0.2, 0) is 9.63 Å². The number of benzene rings is 1. The standard InChI is InChI=1S/C18H19FN4O4S.ClH/c19-13-5-4-12(14(11-13)27-18(25)23-8-3-9-26-23)10-15-16(24)21-17(28-15)22-7-2-1-6-20-22;/h4-5,10-11,20H,1-3,6-9H2;1H/b15-10+;. The highest BCUT2D eigenvalue weighted by atomic mass is 35.5. The van der Waals surface area contributed by atoms with E-state index in [1.54, 1.807) is 6.08 Å². The fourth-order valence-electron chi connectivity index (χ4n) is 2.96. The summed E-state index contributed by atoms with van der Waals surface area (Å²) in [5.74, 6) is -0.907. The molecule has 8 nitrogen and oxygen atoms in total. The third-order valence-electron chi connectivity index (χ3n) is 4.37. The third-order valence-corrected chi connectivity index (χ3v) is 5.37. The molecule has 1 N–H and O–H groups in total. The molecule has 1 aromatic carbocycles. The second kappa shape index (κ2) is 9.57. The summed E-state index contributed by atoms with van der Waals surface area (Å²) in [5.41, 5.74) is 3.62. The Morgan fingerprint density at radius 1 is 1.31 bits per heavy atom. The molecule has 11 heteroatoms. The Morgan fingerprint density at radius 2 is 2.17 bits per heavy atom. The number of amidine groups is 1. The van der Waals surface area contributed by atoms with Gasteiger partial charge in [0.15, 0.2) is 5.17 Å². The summed E-state index contributed by atoms with van der Waals surface area (Å²) in [6, 6.07) is 3.81. The Hall–Kier alpha value is -2.14. The van der Waals surface area contributed by atoms with E-state index >= 15 is 0 Å². The van der Waals surface area contributed by atoms with E-state index < -0.39 is 11.9 Å². The summed E-state index contributed by atoms with van der Waals surface area (Å²) < 4.78 is 19.0. The quantitative estimate of drug-likeness (QED) is 0.705. The molecule has 0 saturated carbocycles. The molecule has 0 atom stereocenters. The van der Waals surface area contributed by atoms with Crippen LogP contribution in [0.15, 0.2) is 28.1 Å². The van der Waals surface area contributed by atoms with E-state index in [0.717, 1.165) is 37.1 Å². The fraction of sp³-hybridized carbons (Fsp3) is 0.389. The lowest BCUT2D eigenvalue weighted by molar-refractivity contribution is -0.113. The van der Waals surface area contributed by atoms with Crippen LogP contribution in [0.2, 0.25) is 0 Å². The Labute approximate surface area is 177 Å². The van der Waals surface area contributed by atoms with Gasteiger partial charge in [0.2, 0.25) is 0 Å². The topological polar surface area (TPSA) is 83.5 Å². The zero-order valence-corrected chi connectivity index (χ0v) is 17.1. The molecular weight excluding hydrogens is 423 g/mol. The molecule has 156 valence electrons. The summed E-state index contributed by atoms with van der Waals surface area (Å²) in [6.07, 6.45) is 3.65. The van der Waals surface area contributed by atoms with Crippen LogP contribution < -0.4 is 10.2 Å². The van der Waals surface area contributed by atoms with Crippen molar-refractivity contribution in [2.75, 3.05) is 26.2 Å². The molecule has 29 heavy (non-hydrogen) atoms. The van der Waals surface area contributed by atoms with Crippen LogP contribution in [-0.4, -0.2) is 53.5 Å². The van der Waals surface area contributed by atoms with Crippen LogP contribution in [0.1, 0.15) is 24.8 Å². The molecule has 3 aliphatic rings. The lowest BCUT2D eigenvalue weighted by Gasteiger charge is -2.28. The number of nitrogens with zero attached hydrogens (tertiary/aromatic N) is 3. The predicted octanol–water partition coefficient (Wildman–Crippen LogP) is 2.95. The first kappa shape index (κ1) is 21.6.